The van der Waals surface area contributed by atoms with Crippen molar-refractivity contribution in [1.29, 1.82) is 0 Å². The minimum atomic E-state index is -0.649. The fraction of sp³-hybridized carbons (Fsp3) is 0.667. The average Bonchev–Trinajstić information content (AvgIpc) is 2.28. The second-order valence-electron chi connectivity index (χ2n) is 4.01. The second kappa shape index (κ2) is 2.82. The predicted octanol–water partition coefficient (Wildman–Crippen LogP) is 1.80. The van der Waals surface area contributed by atoms with Crippen molar-refractivity contribution in [2.45, 2.75) is 25.4 Å². The molecule has 1 fully saturated rings. The summed E-state index contributed by atoms with van der Waals surface area (Å²) in [6, 6.07) is 0. The lowest BCUT2D eigenvalue weighted by Gasteiger charge is -2.42. The third-order valence-electron chi connectivity index (χ3n) is 2.71. The Morgan fingerprint density at radius 2 is 2.31 bits per heavy atom. The van der Waals surface area contributed by atoms with Crippen LogP contribution in [0.5, 0.6) is 0 Å². The molecule has 4 heteroatoms. The van der Waals surface area contributed by atoms with Gasteiger partial charge in [0.25, 0.3) is 0 Å². The summed E-state index contributed by atoms with van der Waals surface area (Å²) >= 11 is 3.40. The highest BCUT2D eigenvalue weighted by atomic mass is 79.9. The maximum atomic E-state index is 10.2. The van der Waals surface area contributed by atoms with Gasteiger partial charge in [-0.25, -0.2) is 0 Å². The van der Waals surface area contributed by atoms with Crippen LogP contribution in [0.4, 0.5) is 0 Å². The summed E-state index contributed by atoms with van der Waals surface area (Å²) in [5.41, 5.74) is 0.259. The lowest BCUT2D eigenvalue weighted by Crippen LogP contribution is -2.41. The summed E-state index contributed by atoms with van der Waals surface area (Å²) in [5, 5.41) is 14.3. The molecule has 2 rings (SSSR count). The minimum Gasteiger partial charge on any atom is -0.384 e. The van der Waals surface area contributed by atoms with E-state index in [-0.39, 0.29) is 0 Å². The van der Waals surface area contributed by atoms with E-state index in [4.69, 9.17) is 0 Å². The first-order valence-corrected chi connectivity index (χ1v) is 5.22. The van der Waals surface area contributed by atoms with Crippen LogP contribution in [0.3, 0.4) is 0 Å². The number of halogens is 1. The van der Waals surface area contributed by atoms with Crippen LogP contribution >= 0.6 is 15.9 Å². The Morgan fingerprint density at radius 3 is 2.69 bits per heavy atom. The molecule has 72 valence electrons. The zero-order chi connectivity index (χ0) is 9.64. The van der Waals surface area contributed by atoms with Gasteiger partial charge in [0.05, 0.1) is 16.4 Å². The highest BCUT2D eigenvalue weighted by Gasteiger charge is 2.44. The highest BCUT2D eigenvalue weighted by Crippen LogP contribution is 2.47. The standard InChI is InChI=1S/C9H13BrN2O/c1-6-3-9(13,4-6)8-7(10)5-11-12(8)2/h5-6,13H,3-4H2,1-2H3. The molecule has 0 spiro atoms. The van der Waals surface area contributed by atoms with Gasteiger partial charge in [-0.2, -0.15) is 5.10 Å². The number of hydrogen-bond acceptors (Lipinski definition) is 2. The first kappa shape index (κ1) is 9.21. The second-order valence-corrected chi connectivity index (χ2v) is 4.86. The van der Waals surface area contributed by atoms with Gasteiger partial charge < -0.3 is 5.11 Å². The molecule has 1 N–H and O–H groups in total. The third-order valence-corrected chi connectivity index (χ3v) is 3.29. The van der Waals surface area contributed by atoms with Crippen molar-refractivity contribution in [3.8, 4) is 0 Å². The molecule has 0 unspecified atom stereocenters. The largest absolute Gasteiger partial charge is 0.384 e. The molecule has 0 bridgehead atoms. The first-order valence-electron chi connectivity index (χ1n) is 4.43. The number of nitrogens with zero attached hydrogens (tertiary/aromatic N) is 2. The molecule has 3 nitrogen and oxygen atoms in total. The maximum Gasteiger partial charge on any atom is 0.108 e. The molecule has 1 aromatic rings. The third kappa shape index (κ3) is 1.32. The van der Waals surface area contributed by atoms with Gasteiger partial charge >= 0.3 is 0 Å². The van der Waals surface area contributed by atoms with Crippen LogP contribution < -0.4 is 0 Å². The van der Waals surface area contributed by atoms with Crippen LogP contribution in [0.15, 0.2) is 10.7 Å². The Hall–Kier alpha value is -0.350. The smallest absolute Gasteiger partial charge is 0.108 e. The van der Waals surface area contributed by atoms with E-state index in [1.807, 2.05) is 7.05 Å². The van der Waals surface area contributed by atoms with E-state index in [1.165, 1.54) is 0 Å². The Bertz CT molecular complexity index is 309. The molecule has 1 heterocycles. The summed E-state index contributed by atoms with van der Waals surface area (Å²) in [5.74, 6) is 0.617. The highest BCUT2D eigenvalue weighted by molar-refractivity contribution is 9.10. The van der Waals surface area contributed by atoms with Crippen molar-refractivity contribution in [3.63, 3.8) is 0 Å². The van der Waals surface area contributed by atoms with E-state index in [0.29, 0.717) is 5.92 Å². The summed E-state index contributed by atoms with van der Waals surface area (Å²) in [6.07, 6.45) is 3.41. The van der Waals surface area contributed by atoms with Gasteiger partial charge in [-0.15, -0.1) is 0 Å². The molecule has 1 saturated carbocycles. The van der Waals surface area contributed by atoms with Crippen LogP contribution in [0.2, 0.25) is 0 Å². The number of aliphatic hydroxyl groups is 1. The van der Waals surface area contributed by atoms with E-state index in [1.54, 1.807) is 10.9 Å². The topological polar surface area (TPSA) is 38.1 Å². The van der Waals surface area contributed by atoms with Gasteiger partial charge in [-0.1, -0.05) is 6.92 Å². The monoisotopic (exact) mass is 244 g/mol. The van der Waals surface area contributed by atoms with E-state index in [9.17, 15) is 5.11 Å². The molecule has 0 amide bonds. The molecule has 1 aliphatic rings. The van der Waals surface area contributed by atoms with Crippen molar-refractivity contribution < 1.29 is 5.11 Å². The van der Waals surface area contributed by atoms with Crippen LogP contribution in [0.1, 0.15) is 25.5 Å². The van der Waals surface area contributed by atoms with Crippen molar-refractivity contribution in [2.75, 3.05) is 0 Å². The minimum absolute atomic E-state index is 0.617. The van der Waals surface area contributed by atoms with Gasteiger partial charge in [0.2, 0.25) is 0 Å². The van der Waals surface area contributed by atoms with Gasteiger partial charge in [-0.05, 0) is 34.7 Å². The molecule has 0 radical (unpaired) electrons. The van der Waals surface area contributed by atoms with Crippen LogP contribution in [0, 0.1) is 5.92 Å². The normalized spacial score (nSPS) is 33.1. The SMILES string of the molecule is CC1CC(O)(c2c(Br)cnn2C)C1. The Kier molecular flexibility index (Phi) is 2.00. The predicted molar refractivity (Wildman–Crippen MR) is 53.2 cm³/mol. The van der Waals surface area contributed by atoms with Crippen molar-refractivity contribution in [3.05, 3.63) is 16.4 Å². The summed E-state index contributed by atoms with van der Waals surface area (Å²) in [7, 11) is 1.86. The zero-order valence-corrected chi connectivity index (χ0v) is 9.37. The maximum absolute atomic E-state index is 10.2. The quantitative estimate of drug-likeness (QED) is 0.819. The Balaban J connectivity index is 2.35. The van der Waals surface area contributed by atoms with Gasteiger partial charge in [0.15, 0.2) is 0 Å². The van der Waals surface area contributed by atoms with Crippen LogP contribution in [-0.2, 0) is 12.6 Å². The van der Waals surface area contributed by atoms with E-state index < -0.39 is 5.60 Å². The molecule has 0 aliphatic heterocycles. The number of aromatic nitrogens is 2. The van der Waals surface area contributed by atoms with Crippen molar-refractivity contribution in [1.82, 2.24) is 9.78 Å². The van der Waals surface area contributed by atoms with E-state index in [2.05, 4.69) is 28.0 Å². The van der Waals surface area contributed by atoms with Crippen LogP contribution in [0.25, 0.3) is 0 Å². The number of rotatable bonds is 1. The molecule has 1 aromatic heterocycles. The van der Waals surface area contributed by atoms with Gasteiger partial charge in [-0.3, -0.25) is 4.68 Å². The fourth-order valence-electron chi connectivity index (χ4n) is 2.22. The summed E-state index contributed by atoms with van der Waals surface area (Å²) in [4.78, 5) is 0. The van der Waals surface area contributed by atoms with Crippen LogP contribution in [-0.4, -0.2) is 14.9 Å². The molecule has 0 aromatic carbocycles. The Morgan fingerprint density at radius 1 is 1.69 bits per heavy atom. The molecule has 1 aliphatic carbocycles. The van der Waals surface area contributed by atoms with Crippen molar-refractivity contribution >= 4 is 15.9 Å². The molecule has 0 atom stereocenters. The van der Waals surface area contributed by atoms with Gasteiger partial charge in [0, 0.05) is 7.05 Å². The van der Waals surface area contributed by atoms with Crippen molar-refractivity contribution in [2.24, 2.45) is 13.0 Å². The molecule has 13 heavy (non-hydrogen) atoms. The van der Waals surface area contributed by atoms with E-state index >= 15 is 0 Å². The molecule has 0 saturated heterocycles. The average molecular weight is 245 g/mol. The summed E-state index contributed by atoms with van der Waals surface area (Å²) < 4.78 is 2.65. The Labute approximate surface area is 85.9 Å². The zero-order valence-electron chi connectivity index (χ0n) is 7.79. The lowest BCUT2D eigenvalue weighted by atomic mass is 9.70. The van der Waals surface area contributed by atoms with Gasteiger partial charge in [0.1, 0.15) is 5.60 Å². The summed E-state index contributed by atoms with van der Waals surface area (Å²) in [6.45, 7) is 2.15. The fourth-order valence-corrected chi connectivity index (χ4v) is 2.94. The first-order chi connectivity index (χ1) is 6.03. The number of hydrogen-bond donors (Lipinski definition) is 1. The molecular formula is C9H13BrN2O. The lowest BCUT2D eigenvalue weighted by molar-refractivity contribution is -0.0804. The van der Waals surface area contributed by atoms with E-state index in [0.717, 1.165) is 23.0 Å². The molecular weight excluding hydrogens is 232 g/mol. The number of aryl methyl sites for hydroxylation is 1.